The van der Waals surface area contributed by atoms with Gasteiger partial charge in [-0.15, -0.1) is 0 Å². The van der Waals surface area contributed by atoms with E-state index in [0.717, 1.165) is 11.1 Å². The smallest absolute Gasteiger partial charge is 0.104 e. The van der Waals surface area contributed by atoms with Crippen LogP contribution in [0.1, 0.15) is 17.2 Å². The first-order valence-corrected chi connectivity index (χ1v) is 5.13. The molecular weight excluding hydrogens is 208 g/mol. The van der Waals surface area contributed by atoms with Crippen molar-refractivity contribution in [1.82, 2.24) is 0 Å². The van der Waals surface area contributed by atoms with Gasteiger partial charge < -0.3 is 5.11 Å². The third kappa shape index (κ3) is 2.38. The second-order valence-corrected chi connectivity index (χ2v) is 3.80. The fourth-order valence-corrected chi connectivity index (χ4v) is 1.60. The molecule has 0 saturated heterocycles. The van der Waals surface area contributed by atoms with E-state index < -0.39 is 6.10 Å². The van der Waals surface area contributed by atoms with Crippen molar-refractivity contribution in [3.63, 3.8) is 0 Å². The molecule has 0 amide bonds. The highest BCUT2D eigenvalue weighted by atomic mass is 35.5. The van der Waals surface area contributed by atoms with E-state index in [1.807, 2.05) is 42.5 Å². The molecule has 0 unspecified atom stereocenters. The molecule has 76 valence electrons. The van der Waals surface area contributed by atoms with Crippen LogP contribution in [0.2, 0.25) is 5.02 Å². The van der Waals surface area contributed by atoms with Gasteiger partial charge >= 0.3 is 0 Å². The largest absolute Gasteiger partial charge is 0.384 e. The molecule has 0 radical (unpaired) electrons. The number of benzene rings is 2. The van der Waals surface area contributed by atoms with Gasteiger partial charge in [-0.3, -0.25) is 0 Å². The lowest BCUT2D eigenvalue weighted by Crippen LogP contribution is -1.98. The summed E-state index contributed by atoms with van der Waals surface area (Å²) in [6.45, 7) is 0. The minimum absolute atomic E-state index is 0.580. The molecule has 2 aromatic rings. The van der Waals surface area contributed by atoms with Crippen molar-refractivity contribution < 1.29 is 5.11 Å². The Hall–Kier alpha value is -1.31. The average molecular weight is 219 g/mol. The van der Waals surface area contributed by atoms with Gasteiger partial charge in [-0.1, -0.05) is 54.1 Å². The molecule has 0 aliphatic heterocycles. The number of aliphatic hydroxyl groups excluding tert-OH is 1. The molecule has 0 fully saturated rings. The number of rotatable bonds is 2. The maximum atomic E-state index is 10.0. The third-order valence-electron chi connectivity index (χ3n) is 2.30. The standard InChI is InChI=1S/C13H11ClO/c14-12-8-6-11(7-9-12)13(15)10-4-2-1-3-5-10/h1-9,13,15H/t13-/m0/s1. The Morgan fingerprint density at radius 3 is 1.93 bits per heavy atom. The van der Waals surface area contributed by atoms with Crippen LogP contribution >= 0.6 is 11.6 Å². The predicted molar refractivity (Wildman–Crippen MR) is 62.0 cm³/mol. The Bertz CT molecular complexity index is 422. The minimum Gasteiger partial charge on any atom is -0.384 e. The molecule has 2 heteroatoms. The number of hydrogen-bond donors (Lipinski definition) is 1. The number of aliphatic hydroxyl groups is 1. The molecule has 0 bridgehead atoms. The van der Waals surface area contributed by atoms with Gasteiger partial charge in [0.15, 0.2) is 0 Å². The van der Waals surface area contributed by atoms with Crippen molar-refractivity contribution in [3.8, 4) is 0 Å². The van der Waals surface area contributed by atoms with Crippen LogP contribution in [0.25, 0.3) is 0 Å². The van der Waals surface area contributed by atoms with Gasteiger partial charge in [0.2, 0.25) is 0 Å². The zero-order valence-electron chi connectivity index (χ0n) is 8.10. The van der Waals surface area contributed by atoms with E-state index in [4.69, 9.17) is 11.6 Å². The molecule has 0 aromatic heterocycles. The Morgan fingerprint density at radius 2 is 1.33 bits per heavy atom. The molecule has 0 aliphatic carbocycles. The number of hydrogen-bond acceptors (Lipinski definition) is 1. The van der Waals surface area contributed by atoms with E-state index >= 15 is 0 Å². The van der Waals surface area contributed by atoms with Crippen LogP contribution < -0.4 is 0 Å². The van der Waals surface area contributed by atoms with Crippen molar-refractivity contribution in [2.24, 2.45) is 0 Å². The summed E-state index contributed by atoms with van der Waals surface area (Å²) in [6, 6.07) is 16.8. The lowest BCUT2D eigenvalue weighted by molar-refractivity contribution is 0.220. The van der Waals surface area contributed by atoms with Gasteiger partial charge in [0.25, 0.3) is 0 Å². The summed E-state index contributed by atoms with van der Waals surface area (Å²) in [5, 5.41) is 10.7. The highest BCUT2D eigenvalue weighted by Crippen LogP contribution is 2.22. The average Bonchev–Trinajstić information content (AvgIpc) is 2.30. The highest BCUT2D eigenvalue weighted by molar-refractivity contribution is 6.30. The molecular formula is C13H11ClO. The van der Waals surface area contributed by atoms with Gasteiger partial charge in [0.05, 0.1) is 0 Å². The van der Waals surface area contributed by atoms with Gasteiger partial charge in [-0.25, -0.2) is 0 Å². The van der Waals surface area contributed by atoms with Gasteiger partial charge in [-0.05, 0) is 23.3 Å². The van der Waals surface area contributed by atoms with Crippen LogP contribution in [0, 0.1) is 0 Å². The minimum atomic E-state index is -0.580. The van der Waals surface area contributed by atoms with Crippen molar-refractivity contribution >= 4 is 11.6 Å². The summed E-state index contributed by atoms with van der Waals surface area (Å²) in [5.41, 5.74) is 1.74. The molecule has 0 spiro atoms. The molecule has 0 aliphatic rings. The monoisotopic (exact) mass is 218 g/mol. The Kier molecular flexibility index (Phi) is 3.05. The van der Waals surface area contributed by atoms with Crippen LogP contribution in [0.5, 0.6) is 0 Å². The van der Waals surface area contributed by atoms with Crippen molar-refractivity contribution in [3.05, 3.63) is 70.7 Å². The SMILES string of the molecule is O[C@@H](c1ccccc1)c1ccc(Cl)cc1. The summed E-state index contributed by atoms with van der Waals surface area (Å²) < 4.78 is 0. The summed E-state index contributed by atoms with van der Waals surface area (Å²) in [6.07, 6.45) is -0.580. The topological polar surface area (TPSA) is 20.2 Å². The van der Waals surface area contributed by atoms with E-state index in [1.54, 1.807) is 12.1 Å². The lowest BCUT2D eigenvalue weighted by Gasteiger charge is -2.10. The molecule has 1 N–H and O–H groups in total. The van der Waals surface area contributed by atoms with Gasteiger partial charge in [0, 0.05) is 5.02 Å². The van der Waals surface area contributed by atoms with E-state index in [0.29, 0.717) is 5.02 Å². The Labute approximate surface area is 94.0 Å². The van der Waals surface area contributed by atoms with Crippen molar-refractivity contribution in [2.75, 3.05) is 0 Å². The zero-order chi connectivity index (χ0) is 10.7. The van der Waals surface area contributed by atoms with Crippen molar-refractivity contribution in [1.29, 1.82) is 0 Å². The molecule has 2 aromatic carbocycles. The van der Waals surface area contributed by atoms with Crippen LogP contribution in [0.4, 0.5) is 0 Å². The molecule has 2 rings (SSSR count). The Morgan fingerprint density at radius 1 is 0.800 bits per heavy atom. The van der Waals surface area contributed by atoms with E-state index in [1.165, 1.54) is 0 Å². The maximum absolute atomic E-state index is 10.0. The summed E-state index contributed by atoms with van der Waals surface area (Å²) in [7, 11) is 0. The first kappa shape index (κ1) is 10.2. The molecule has 0 saturated carbocycles. The number of halogens is 1. The fourth-order valence-electron chi connectivity index (χ4n) is 1.47. The Balaban J connectivity index is 2.29. The first-order chi connectivity index (χ1) is 7.27. The van der Waals surface area contributed by atoms with Crippen LogP contribution in [0.3, 0.4) is 0 Å². The zero-order valence-corrected chi connectivity index (χ0v) is 8.85. The molecule has 15 heavy (non-hydrogen) atoms. The molecule has 1 nitrogen and oxygen atoms in total. The van der Waals surface area contributed by atoms with Crippen LogP contribution in [-0.4, -0.2) is 5.11 Å². The lowest BCUT2D eigenvalue weighted by atomic mass is 10.0. The second kappa shape index (κ2) is 4.47. The third-order valence-corrected chi connectivity index (χ3v) is 2.55. The van der Waals surface area contributed by atoms with Gasteiger partial charge in [0.1, 0.15) is 6.10 Å². The molecule has 0 heterocycles. The predicted octanol–water partition coefficient (Wildman–Crippen LogP) is 3.42. The second-order valence-electron chi connectivity index (χ2n) is 3.36. The molecule has 1 atom stereocenters. The van der Waals surface area contributed by atoms with Crippen LogP contribution in [0.15, 0.2) is 54.6 Å². The van der Waals surface area contributed by atoms with E-state index in [9.17, 15) is 5.11 Å². The van der Waals surface area contributed by atoms with Crippen LogP contribution in [-0.2, 0) is 0 Å². The quantitative estimate of drug-likeness (QED) is 0.819. The summed E-state index contributed by atoms with van der Waals surface area (Å²) in [4.78, 5) is 0. The fraction of sp³-hybridized carbons (Fsp3) is 0.0769. The van der Waals surface area contributed by atoms with Gasteiger partial charge in [-0.2, -0.15) is 0 Å². The summed E-state index contributed by atoms with van der Waals surface area (Å²) in [5.74, 6) is 0. The highest BCUT2D eigenvalue weighted by Gasteiger charge is 2.08. The normalized spacial score (nSPS) is 12.4. The van der Waals surface area contributed by atoms with E-state index in [2.05, 4.69) is 0 Å². The first-order valence-electron chi connectivity index (χ1n) is 4.76. The van der Waals surface area contributed by atoms with Crippen molar-refractivity contribution in [2.45, 2.75) is 6.10 Å². The van der Waals surface area contributed by atoms with E-state index in [-0.39, 0.29) is 0 Å². The maximum Gasteiger partial charge on any atom is 0.104 e. The summed E-state index contributed by atoms with van der Waals surface area (Å²) >= 11 is 5.78.